The van der Waals surface area contributed by atoms with Crippen LogP contribution >= 0.6 is 12.4 Å². The number of amides is 1. The monoisotopic (exact) mass is 407 g/mol. The van der Waals surface area contributed by atoms with Gasteiger partial charge in [-0.15, -0.1) is 12.4 Å². The molecule has 1 amide bonds. The lowest BCUT2D eigenvalue weighted by atomic mass is 9.95. The van der Waals surface area contributed by atoms with E-state index >= 15 is 0 Å². The standard InChI is InChI=1S/C17H26FN3O3S.ClH/c1-13-9-10-19-12-16(13)20-17(22)4-3-11-21(2)25(23,24)15-7-5-14(18)6-8-15;/h5-8,13,16,19H,3-4,9-12H2,1-2H3,(H,20,22);1H. The molecule has 2 atom stereocenters. The van der Waals surface area contributed by atoms with Crippen LogP contribution in [0.2, 0.25) is 0 Å². The van der Waals surface area contributed by atoms with Crippen molar-refractivity contribution >= 4 is 28.3 Å². The lowest BCUT2D eigenvalue weighted by Crippen LogP contribution is -2.50. The second-order valence-corrected chi connectivity index (χ2v) is 8.57. The van der Waals surface area contributed by atoms with Crippen LogP contribution in [-0.4, -0.2) is 51.4 Å². The first-order valence-electron chi connectivity index (χ1n) is 8.52. The van der Waals surface area contributed by atoms with E-state index in [-0.39, 0.29) is 42.2 Å². The van der Waals surface area contributed by atoms with Crippen LogP contribution in [0.15, 0.2) is 29.2 Å². The number of carbonyl (C=O) groups is 1. The van der Waals surface area contributed by atoms with E-state index in [9.17, 15) is 17.6 Å². The van der Waals surface area contributed by atoms with Crippen LogP contribution in [0.25, 0.3) is 0 Å². The molecule has 1 saturated heterocycles. The van der Waals surface area contributed by atoms with Crippen LogP contribution in [0.4, 0.5) is 4.39 Å². The molecule has 0 aromatic heterocycles. The molecule has 2 rings (SSSR count). The van der Waals surface area contributed by atoms with Crippen molar-refractivity contribution in [2.45, 2.75) is 37.1 Å². The second kappa shape index (κ2) is 10.2. The SMILES string of the molecule is CC1CCNCC1NC(=O)CCCN(C)S(=O)(=O)c1ccc(F)cc1.Cl. The van der Waals surface area contributed by atoms with E-state index in [0.29, 0.717) is 12.3 Å². The molecule has 0 aliphatic carbocycles. The number of carbonyl (C=O) groups excluding carboxylic acids is 1. The molecule has 1 heterocycles. The Morgan fingerprint density at radius 3 is 2.62 bits per heavy atom. The average molecular weight is 408 g/mol. The van der Waals surface area contributed by atoms with Crippen LogP contribution in [0.1, 0.15) is 26.2 Å². The molecular formula is C17H27ClFN3O3S. The van der Waals surface area contributed by atoms with Crippen molar-refractivity contribution in [1.82, 2.24) is 14.9 Å². The van der Waals surface area contributed by atoms with Gasteiger partial charge in [-0.3, -0.25) is 4.79 Å². The summed E-state index contributed by atoms with van der Waals surface area (Å²) >= 11 is 0. The molecule has 0 radical (unpaired) electrons. The maximum Gasteiger partial charge on any atom is 0.242 e. The number of hydrogen-bond donors (Lipinski definition) is 2. The zero-order valence-electron chi connectivity index (χ0n) is 15.1. The fourth-order valence-corrected chi connectivity index (χ4v) is 4.04. The third-order valence-electron chi connectivity index (χ3n) is 4.57. The largest absolute Gasteiger partial charge is 0.352 e. The van der Waals surface area contributed by atoms with Gasteiger partial charge in [-0.2, -0.15) is 0 Å². The van der Waals surface area contributed by atoms with Crippen LogP contribution in [0.3, 0.4) is 0 Å². The molecule has 26 heavy (non-hydrogen) atoms. The van der Waals surface area contributed by atoms with E-state index in [2.05, 4.69) is 17.6 Å². The topological polar surface area (TPSA) is 78.5 Å². The molecule has 0 bridgehead atoms. The molecule has 1 fully saturated rings. The van der Waals surface area contributed by atoms with E-state index in [0.717, 1.165) is 31.6 Å². The van der Waals surface area contributed by atoms with E-state index in [1.807, 2.05) is 0 Å². The van der Waals surface area contributed by atoms with E-state index < -0.39 is 15.8 Å². The highest BCUT2D eigenvalue weighted by molar-refractivity contribution is 7.89. The molecule has 6 nitrogen and oxygen atoms in total. The molecule has 148 valence electrons. The highest BCUT2D eigenvalue weighted by atomic mass is 35.5. The molecule has 1 aromatic carbocycles. The summed E-state index contributed by atoms with van der Waals surface area (Å²) in [5.41, 5.74) is 0. The lowest BCUT2D eigenvalue weighted by molar-refractivity contribution is -0.122. The summed E-state index contributed by atoms with van der Waals surface area (Å²) in [6.07, 6.45) is 1.73. The molecular weight excluding hydrogens is 381 g/mol. The number of halogens is 2. The Morgan fingerprint density at radius 2 is 2.00 bits per heavy atom. The summed E-state index contributed by atoms with van der Waals surface area (Å²) in [6.45, 7) is 4.09. The van der Waals surface area contributed by atoms with Crippen molar-refractivity contribution in [2.75, 3.05) is 26.7 Å². The first-order chi connectivity index (χ1) is 11.8. The maximum absolute atomic E-state index is 12.9. The number of benzene rings is 1. The van der Waals surface area contributed by atoms with Gasteiger partial charge in [0.15, 0.2) is 0 Å². The van der Waals surface area contributed by atoms with E-state index in [4.69, 9.17) is 0 Å². The molecule has 0 spiro atoms. The van der Waals surface area contributed by atoms with Gasteiger partial charge < -0.3 is 10.6 Å². The van der Waals surface area contributed by atoms with E-state index in [1.54, 1.807) is 0 Å². The Balaban J connectivity index is 0.00000338. The Hall–Kier alpha value is -1.22. The second-order valence-electron chi connectivity index (χ2n) is 6.53. The highest BCUT2D eigenvalue weighted by Gasteiger charge is 2.23. The van der Waals surface area contributed by atoms with Gasteiger partial charge in [-0.1, -0.05) is 6.92 Å². The first-order valence-corrected chi connectivity index (χ1v) is 9.96. The van der Waals surface area contributed by atoms with Gasteiger partial charge in [0.05, 0.1) is 4.90 Å². The summed E-state index contributed by atoms with van der Waals surface area (Å²) in [4.78, 5) is 12.1. The average Bonchev–Trinajstić information content (AvgIpc) is 2.57. The lowest BCUT2D eigenvalue weighted by Gasteiger charge is -2.30. The molecule has 1 aliphatic rings. The minimum absolute atomic E-state index is 0. The predicted octanol–water partition coefficient (Wildman–Crippen LogP) is 1.76. The first kappa shape index (κ1) is 22.8. The highest BCUT2D eigenvalue weighted by Crippen LogP contribution is 2.15. The Labute approximate surface area is 161 Å². The smallest absolute Gasteiger partial charge is 0.242 e. The van der Waals surface area contributed by atoms with Crippen LogP contribution in [0, 0.1) is 11.7 Å². The fourth-order valence-electron chi connectivity index (χ4n) is 2.83. The maximum atomic E-state index is 12.9. The summed E-state index contributed by atoms with van der Waals surface area (Å²) in [7, 11) is -2.20. The van der Waals surface area contributed by atoms with Crippen molar-refractivity contribution in [3.05, 3.63) is 30.1 Å². The summed E-state index contributed by atoms with van der Waals surface area (Å²) in [5.74, 6) is -0.107. The van der Waals surface area contributed by atoms with Gasteiger partial charge in [0.1, 0.15) is 5.82 Å². The predicted molar refractivity (Wildman–Crippen MR) is 101 cm³/mol. The van der Waals surface area contributed by atoms with Gasteiger partial charge in [0.25, 0.3) is 0 Å². The Bertz CT molecular complexity index is 685. The molecule has 2 unspecified atom stereocenters. The van der Waals surface area contributed by atoms with Crippen molar-refractivity contribution < 1.29 is 17.6 Å². The van der Waals surface area contributed by atoms with Gasteiger partial charge >= 0.3 is 0 Å². The minimum atomic E-state index is -3.66. The summed E-state index contributed by atoms with van der Waals surface area (Å²) < 4.78 is 38.9. The molecule has 1 aliphatic heterocycles. The van der Waals surface area contributed by atoms with Gasteiger partial charge in [0, 0.05) is 32.6 Å². The fraction of sp³-hybridized carbons (Fsp3) is 0.588. The van der Waals surface area contributed by atoms with E-state index in [1.165, 1.54) is 23.5 Å². The van der Waals surface area contributed by atoms with Crippen LogP contribution in [0.5, 0.6) is 0 Å². The van der Waals surface area contributed by atoms with Gasteiger partial charge in [-0.05, 0) is 49.6 Å². The van der Waals surface area contributed by atoms with Crippen molar-refractivity contribution in [1.29, 1.82) is 0 Å². The summed E-state index contributed by atoms with van der Waals surface area (Å²) in [6, 6.07) is 4.85. The molecule has 0 saturated carbocycles. The van der Waals surface area contributed by atoms with Crippen molar-refractivity contribution in [3.8, 4) is 0 Å². The number of rotatable bonds is 7. The molecule has 1 aromatic rings. The third-order valence-corrected chi connectivity index (χ3v) is 6.44. The summed E-state index contributed by atoms with van der Waals surface area (Å²) in [5, 5.41) is 6.27. The van der Waals surface area contributed by atoms with Crippen molar-refractivity contribution in [2.24, 2.45) is 5.92 Å². The molecule has 2 N–H and O–H groups in total. The van der Waals surface area contributed by atoms with Gasteiger partial charge in [-0.25, -0.2) is 17.1 Å². The molecule has 9 heteroatoms. The minimum Gasteiger partial charge on any atom is -0.352 e. The zero-order chi connectivity index (χ0) is 18.4. The Morgan fingerprint density at radius 1 is 1.35 bits per heavy atom. The zero-order valence-corrected chi connectivity index (χ0v) is 16.7. The normalized spacial score (nSPS) is 20.5. The Kier molecular flexibility index (Phi) is 8.95. The number of sulfonamides is 1. The van der Waals surface area contributed by atoms with Crippen molar-refractivity contribution in [3.63, 3.8) is 0 Å². The van der Waals surface area contributed by atoms with Gasteiger partial charge in [0.2, 0.25) is 15.9 Å². The quantitative estimate of drug-likeness (QED) is 0.722. The van der Waals surface area contributed by atoms with Crippen LogP contribution < -0.4 is 10.6 Å². The number of hydrogen-bond acceptors (Lipinski definition) is 4. The third kappa shape index (κ3) is 6.19. The van der Waals surface area contributed by atoms with Crippen LogP contribution in [-0.2, 0) is 14.8 Å². The number of nitrogens with zero attached hydrogens (tertiary/aromatic N) is 1. The number of nitrogens with one attached hydrogen (secondary N) is 2. The number of piperidine rings is 1.